The first-order valence-corrected chi connectivity index (χ1v) is 6.22. The number of benzene rings is 2. The highest BCUT2D eigenvalue weighted by Gasteiger charge is 2.15. The highest BCUT2D eigenvalue weighted by Crippen LogP contribution is 2.28. The summed E-state index contributed by atoms with van der Waals surface area (Å²) in [5, 5.41) is 10.7. The molecular weight excluding hydrogens is 272 g/mol. The standard InChI is InChI=1S/C15H14N2O4/c1-11(18)16(13-7-9-15(21-2)10-8-13)12-3-5-14(6-4-12)17(19)20/h3-10H,1-2H3. The minimum Gasteiger partial charge on any atom is -0.497 e. The van der Waals surface area contributed by atoms with Crippen LogP contribution in [0.25, 0.3) is 0 Å². The lowest BCUT2D eigenvalue weighted by atomic mass is 10.2. The van der Waals surface area contributed by atoms with Crippen molar-refractivity contribution in [1.82, 2.24) is 0 Å². The number of ether oxygens (including phenoxy) is 1. The number of carbonyl (C=O) groups excluding carboxylic acids is 1. The number of nitro benzene ring substituents is 1. The molecule has 0 aliphatic rings. The van der Waals surface area contributed by atoms with E-state index < -0.39 is 4.92 Å². The zero-order valence-corrected chi connectivity index (χ0v) is 11.6. The van der Waals surface area contributed by atoms with E-state index in [4.69, 9.17) is 4.74 Å². The molecule has 0 aliphatic carbocycles. The molecule has 0 spiro atoms. The summed E-state index contributed by atoms with van der Waals surface area (Å²) in [6, 6.07) is 12.8. The van der Waals surface area contributed by atoms with Gasteiger partial charge < -0.3 is 4.74 Å². The molecule has 0 N–H and O–H groups in total. The minimum atomic E-state index is -0.477. The van der Waals surface area contributed by atoms with E-state index in [9.17, 15) is 14.9 Å². The number of nitro groups is 1. The van der Waals surface area contributed by atoms with E-state index in [1.54, 1.807) is 43.5 Å². The molecule has 0 unspecified atom stereocenters. The summed E-state index contributed by atoms with van der Waals surface area (Å²) in [6.45, 7) is 1.44. The first kappa shape index (κ1) is 14.5. The molecule has 1 amide bonds. The summed E-state index contributed by atoms with van der Waals surface area (Å²) in [6.07, 6.45) is 0. The quantitative estimate of drug-likeness (QED) is 0.638. The maximum Gasteiger partial charge on any atom is 0.269 e. The van der Waals surface area contributed by atoms with Gasteiger partial charge in [-0.15, -0.1) is 0 Å². The molecule has 0 aliphatic heterocycles. The molecule has 6 heteroatoms. The average Bonchev–Trinajstić information content (AvgIpc) is 2.48. The number of nitrogens with zero attached hydrogens (tertiary/aromatic N) is 2. The van der Waals surface area contributed by atoms with Gasteiger partial charge in [0.15, 0.2) is 0 Å². The van der Waals surface area contributed by atoms with E-state index in [1.807, 2.05) is 0 Å². The number of hydrogen-bond donors (Lipinski definition) is 0. The molecule has 6 nitrogen and oxygen atoms in total. The van der Waals surface area contributed by atoms with Gasteiger partial charge in [0.1, 0.15) is 5.75 Å². The third-order valence-corrected chi connectivity index (χ3v) is 2.96. The van der Waals surface area contributed by atoms with Crippen molar-refractivity contribution < 1.29 is 14.5 Å². The molecule has 2 rings (SSSR count). The van der Waals surface area contributed by atoms with Crippen molar-refractivity contribution in [3.63, 3.8) is 0 Å². The molecule has 0 atom stereocenters. The van der Waals surface area contributed by atoms with Crippen molar-refractivity contribution in [2.24, 2.45) is 0 Å². The Morgan fingerprint density at radius 3 is 1.90 bits per heavy atom. The van der Waals surface area contributed by atoms with E-state index in [0.717, 1.165) is 0 Å². The maximum absolute atomic E-state index is 11.9. The third kappa shape index (κ3) is 3.17. The van der Waals surface area contributed by atoms with Gasteiger partial charge in [0, 0.05) is 30.4 Å². The number of hydrogen-bond acceptors (Lipinski definition) is 4. The first-order chi connectivity index (χ1) is 10.0. The number of methoxy groups -OCH3 is 1. The van der Waals surface area contributed by atoms with Gasteiger partial charge >= 0.3 is 0 Å². The molecule has 0 fully saturated rings. The van der Waals surface area contributed by atoms with Crippen LogP contribution in [-0.4, -0.2) is 17.9 Å². The third-order valence-electron chi connectivity index (χ3n) is 2.96. The van der Waals surface area contributed by atoms with Crippen molar-refractivity contribution >= 4 is 23.0 Å². The Morgan fingerprint density at radius 2 is 1.52 bits per heavy atom. The summed E-state index contributed by atoms with van der Waals surface area (Å²) in [7, 11) is 1.56. The lowest BCUT2D eigenvalue weighted by Gasteiger charge is -2.21. The van der Waals surface area contributed by atoms with Gasteiger partial charge in [0.25, 0.3) is 5.69 Å². The molecule has 108 valence electrons. The van der Waals surface area contributed by atoms with E-state index in [1.165, 1.54) is 24.0 Å². The molecule has 0 saturated heterocycles. The van der Waals surface area contributed by atoms with Crippen molar-refractivity contribution in [1.29, 1.82) is 0 Å². The van der Waals surface area contributed by atoms with E-state index in [-0.39, 0.29) is 11.6 Å². The van der Waals surface area contributed by atoms with E-state index >= 15 is 0 Å². The van der Waals surface area contributed by atoms with Crippen LogP contribution in [0.5, 0.6) is 5.75 Å². The van der Waals surface area contributed by atoms with Crippen LogP contribution in [0.3, 0.4) is 0 Å². The molecular formula is C15H14N2O4. The molecule has 2 aromatic carbocycles. The zero-order valence-electron chi connectivity index (χ0n) is 11.6. The lowest BCUT2D eigenvalue weighted by molar-refractivity contribution is -0.384. The molecule has 0 saturated carbocycles. The van der Waals surface area contributed by atoms with Gasteiger partial charge in [0.05, 0.1) is 12.0 Å². The van der Waals surface area contributed by atoms with Crippen LogP contribution < -0.4 is 9.64 Å². The fraction of sp³-hybridized carbons (Fsp3) is 0.133. The summed E-state index contributed by atoms with van der Waals surface area (Å²) in [5.41, 5.74) is 1.22. The Kier molecular flexibility index (Phi) is 4.18. The zero-order chi connectivity index (χ0) is 15.4. The Labute approximate surface area is 121 Å². The van der Waals surface area contributed by atoms with Crippen LogP contribution in [0.1, 0.15) is 6.92 Å². The molecule has 21 heavy (non-hydrogen) atoms. The Morgan fingerprint density at radius 1 is 1.05 bits per heavy atom. The second-order valence-electron chi connectivity index (χ2n) is 4.33. The topological polar surface area (TPSA) is 72.7 Å². The van der Waals surface area contributed by atoms with Gasteiger partial charge in [-0.1, -0.05) is 0 Å². The van der Waals surface area contributed by atoms with Crippen LogP contribution in [0.15, 0.2) is 48.5 Å². The molecule has 0 bridgehead atoms. The van der Waals surface area contributed by atoms with Crippen LogP contribution in [-0.2, 0) is 4.79 Å². The number of non-ortho nitro benzene ring substituents is 1. The van der Waals surface area contributed by atoms with Crippen LogP contribution in [0.2, 0.25) is 0 Å². The second kappa shape index (κ2) is 6.04. The largest absolute Gasteiger partial charge is 0.497 e. The number of rotatable bonds is 4. The molecule has 0 radical (unpaired) electrons. The molecule has 0 heterocycles. The van der Waals surface area contributed by atoms with Crippen LogP contribution in [0.4, 0.5) is 17.1 Å². The van der Waals surface area contributed by atoms with Crippen LogP contribution >= 0.6 is 0 Å². The number of anilines is 2. The maximum atomic E-state index is 11.9. The Bertz CT molecular complexity index is 650. The fourth-order valence-corrected chi connectivity index (χ4v) is 1.97. The highest BCUT2D eigenvalue weighted by molar-refractivity contribution is 5.99. The number of amides is 1. The lowest BCUT2D eigenvalue weighted by Crippen LogP contribution is -2.22. The normalized spacial score (nSPS) is 10.0. The summed E-state index contributed by atoms with van der Waals surface area (Å²) < 4.78 is 5.08. The van der Waals surface area contributed by atoms with Gasteiger partial charge in [-0.05, 0) is 36.4 Å². The van der Waals surface area contributed by atoms with Crippen molar-refractivity contribution in [2.75, 3.05) is 12.0 Å². The molecule has 2 aromatic rings. The minimum absolute atomic E-state index is 0.0167. The van der Waals surface area contributed by atoms with Crippen molar-refractivity contribution in [3.05, 3.63) is 58.6 Å². The highest BCUT2D eigenvalue weighted by atomic mass is 16.6. The van der Waals surface area contributed by atoms with Gasteiger partial charge in [0.2, 0.25) is 5.91 Å². The van der Waals surface area contributed by atoms with Gasteiger partial charge in [-0.25, -0.2) is 0 Å². The fourth-order valence-electron chi connectivity index (χ4n) is 1.97. The first-order valence-electron chi connectivity index (χ1n) is 6.22. The average molecular weight is 286 g/mol. The SMILES string of the molecule is COc1ccc(N(C(C)=O)c2ccc([N+](=O)[O-])cc2)cc1. The van der Waals surface area contributed by atoms with E-state index in [0.29, 0.717) is 17.1 Å². The summed E-state index contributed by atoms with van der Waals surface area (Å²) in [5.74, 6) is 0.500. The Hall–Kier alpha value is -2.89. The van der Waals surface area contributed by atoms with E-state index in [2.05, 4.69) is 0 Å². The van der Waals surface area contributed by atoms with Gasteiger partial charge in [-0.2, -0.15) is 0 Å². The Balaban J connectivity index is 2.38. The van der Waals surface area contributed by atoms with Crippen molar-refractivity contribution in [3.8, 4) is 5.75 Å². The number of carbonyl (C=O) groups is 1. The monoisotopic (exact) mass is 286 g/mol. The summed E-state index contributed by atoms with van der Waals surface area (Å²) in [4.78, 5) is 23.5. The second-order valence-corrected chi connectivity index (χ2v) is 4.33. The predicted octanol–water partition coefficient (Wildman–Crippen LogP) is 3.29. The van der Waals surface area contributed by atoms with Crippen molar-refractivity contribution in [2.45, 2.75) is 6.92 Å². The molecule has 0 aromatic heterocycles. The predicted molar refractivity (Wildman–Crippen MR) is 78.9 cm³/mol. The smallest absolute Gasteiger partial charge is 0.269 e. The van der Waals surface area contributed by atoms with Gasteiger partial charge in [-0.3, -0.25) is 19.8 Å². The van der Waals surface area contributed by atoms with Crippen LogP contribution in [0, 0.1) is 10.1 Å². The summed E-state index contributed by atoms with van der Waals surface area (Å²) >= 11 is 0.